The van der Waals surface area contributed by atoms with Crippen LogP contribution >= 0.6 is 0 Å². The Morgan fingerprint density at radius 1 is 1.00 bits per heavy atom. The Kier molecular flexibility index (Phi) is 17.7. The number of ether oxygens (including phenoxy) is 2. The van der Waals surface area contributed by atoms with E-state index in [-0.39, 0.29) is 24.1 Å². The molecule has 9 heteroatoms. The second kappa shape index (κ2) is 19.4. The molecule has 0 bridgehead atoms. The Hall–Kier alpha value is -3.04. The number of carbonyl (C=O) groups excluding carboxylic acids is 2. The third kappa shape index (κ3) is 14.9. The summed E-state index contributed by atoms with van der Waals surface area (Å²) in [6.07, 6.45) is 1.94. The number of halogens is 2. The van der Waals surface area contributed by atoms with Crippen molar-refractivity contribution in [3.63, 3.8) is 0 Å². The summed E-state index contributed by atoms with van der Waals surface area (Å²) in [6.45, 7) is 5.13. The van der Waals surface area contributed by atoms with Crippen LogP contribution in [0.3, 0.4) is 0 Å². The summed E-state index contributed by atoms with van der Waals surface area (Å²) in [6, 6.07) is 12.6. The number of benzene rings is 2. The number of nitrogens with one attached hydrogen (secondary N) is 2. The summed E-state index contributed by atoms with van der Waals surface area (Å²) < 4.78 is 34.3. The van der Waals surface area contributed by atoms with E-state index in [2.05, 4.69) is 29.2 Å². The van der Waals surface area contributed by atoms with E-state index in [0.717, 1.165) is 23.8 Å². The molecule has 0 aliphatic carbocycles. The fourth-order valence-electron chi connectivity index (χ4n) is 2.45. The maximum atomic E-state index is 12.3. The van der Waals surface area contributed by atoms with Gasteiger partial charge in [-0.15, -0.1) is 0 Å². The number of nitrogens with two attached hydrogens (primary N) is 1. The van der Waals surface area contributed by atoms with Crippen molar-refractivity contribution in [2.45, 2.75) is 45.8 Å². The number of methoxy groups -OCH3 is 2. The molecule has 0 heterocycles. The number of rotatable bonds is 10. The predicted molar refractivity (Wildman–Crippen MR) is 129 cm³/mol. The van der Waals surface area contributed by atoms with Crippen LogP contribution < -0.4 is 21.1 Å². The lowest BCUT2D eigenvalue weighted by molar-refractivity contribution is -0.133. The van der Waals surface area contributed by atoms with E-state index in [9.17, 15) is 18.4 Å². The summed E-state index contributed by atoms with van der Waals surface area (Å²) >= 11 is 0. The summed E-state index contributed by atoms with van der Waals surface area (Å²) in [4.78, 5) is 23.5. The summed E-state index contributed by atoms with van der Waals surface area (Å²) in [5, 5.41) is 5.30. The average molecular weight is 482 g/mol. The number of hydrogen-bond acceptors (Lipinski definition) is 5. The van der Waals surface area contributed by atoms with Gasteiger partial charge in [-0.3, -0.25) is 9.59 Å². The minimum Gasteiger partial charge on any atom is -0.497 e. The molecule has 4 N–H and O–H groups in total. The van der Waals surface area contributed by atoms with Gasteiger partial charge in [-0.2, -0.15) is 0 Å². The fraction of sp³-hybridized carbons (Fsp3) is 0.440. The van der Waals surface area contributed by atoms with E-state index < -0.39 is 17.7 Å². The lowest BCUT2D eigenvalue weighted by atomic mass is 10.2. The van der Waals surface area contributed by atoms with Crippen LogP contribution in [0.25, 0.3) is 0 Å². The van der Waals surface area contributed by atoms with Gasteiger partial charge in [0.1, 0.15) is 23.5 Å². The van der Waals surface area contributed by atoms with E-state index in [4.69, 9.17) is 10.5 Å². The summed E-state index contributed by atoms with van der Waals surface area (Å²) in [5.41, 5.74) is 6.41. The number of amides is 2. The Balaban J connectivity index is 0.000000692. The highest BCUT2D eigenvalue weighted by atomic mass is 19.1. The molecule has 0 saturated carbocycles. The summed E-state index contributed by atoms with van der Waals surface area (Å²) in [7, 11) is 2.82. The maximum absolute atomic E-state index is 12.3. The van der Waals surface area contributed by atoms with Gasteiger partial charge in [0.2, 0.25) is 11.8 Å². The molecule has 2 rings (SSSR count). The molecule has 0 saturated heterocycles. The molecule has 190 valence electrons. The van der Waals surface area contributed by atoms with Crippen LogP contribution in [0.5, 0.6) is 5.75 Å². The first-order chi connectivity index (χ1) is 16.3. The van der Waals surface area contributed by atoms with Crippen molar-refractivity contribution in [1.29, 1.82) is 0 Å². The minimum atomic E-state index is -0.628. The van der Waals surface area contributed by atoms with Crippen LogP contribution in [0.15, 0.2) is 48.5 Å². The quantitative estimate of drug-likeness (QED) is 0.482. The molecule has 0 aliphatic heterocycles. The largest absolute Gasteiger partial charge is 0.497 e. The summed E-state index contributed by atoms with van der Waals surface area (Å²) in [5.74, 6) is -1.59. The Bertz CT molecular complexity index is 803. The first kappa shape index (κ1) is 31.0. The van der Waals surface area contributed by atoms with Gasteiger partial charge in [0.25, 0.3) is 0 Å². The fourth-order valence-corrected chi connectivity index (χ4v) is 2.45. The highest BCUT2D eigenvalue weighted by Gasteiger charge is 2.17. The van der Waals surface area contributed by atoms with Gasteiger partial charge in [-0.25, -0.2) is 8.78 Å². The van der Waals surface area contributed by atoms with Gasteiger partial charge in [0.05, 0.1) is 13.7 Å². The molecule has 0 spiro atoms. The van der Waals surface area contributed by atoms with E-state index in [1.165, 1.54) is 20.6 Å². The van der Waals surface area contributed by atoms with Crippen LogP contribution in [0, 0.1) is 11.6 Å². The average Bonchev–Trinajstić information content (AvgIpc) is 2.82. The van der Waals surface area contributed by atoms with Crippen LogP contribution in [-0.2, 0) is 20.9 Å². The third-order valence-corrected chi connectivity index (χ3v) is 4.07. The Morgan fingerprint density at radius 2 is 1.59 bits per heavy atom. The Morgan fingerprint density at radius 3 is 2.09 bits per heavy atom. The van der Waals surface area contributed by atoms with Crippen molar-refractivity contribution < 1.29 is 27.8 Å². The monoisotopic (exact) mass is 481 g/mol. The van der Waals surface area contributed by atoms with Crippen molar-refractivity contribution in [3.8, 4) is 5.75 Å². The van der Waals surface area contributed by atoms with Crippen LogP contribution in [0.1, 0.15) is 38.7 Å². The molecule has 0 radical (unpaired) electrons. The lowest BCUT2D eigenvalue weighted by Crippen LogP contribution is -2.42. The zero-order chi connectivity index (χ0) is 25.8. The third-order valence-electron chi connectivity index (χ3n) is 4.07. The molecule has 1 unspecified atom stereocenters. The van der Waals surface area contributed by atoms with Crippen LogP contribution in [-0.4, -0.2) is 45.2 Å². The molecule has 2 aromatic rings. The molecule has 2 aromatic carbocycles. The van der Waals surface area contributed by atoms with Gasteiger partial charge in [0.15, 0.2) is 0 Å². The molecule has 34 heavy (non-hydrogen) atoms. The Labute approximate surface area is 201 Å². The van der Waals surface area contributed by atoms with Gasteiger partial charge < -0.3 is 25.8 Å². The molecule has 0 fully saturated rings. The van der Waals surface area contributed by atoms with Gasteiger partial charge in [-0.1, -0.05) is 50.6 Å². The normalized spacial score (nSPS) is 10.6. The van der Waals surface area contributed by atoms with E-state index in [1.54, 1.807) is 0 Å². The lowest BCUT2D eigenvalue weighted by Gasteiger charge is -2.14. The van der Waals surface area contributed by atoms with E-state index in [1.807, 2.05) is 30.3 Å². The standard InChI is InChI=1S/C15H23N3O3.C7H6F2O.C3H8/c1-21-13(8-5-9-16)15(20)18-11-14(19)17-10-12-6-3-2-4-7-12;1-10-7-3-5(8)2-6(9)4-7;1-3-2/h2-4,6-7,13H,5,8-11,16H2,1H3,(H,17,19)(H,18,20);2-4H,1H3;3H2,1-2H3. The topological polar surface area (TPSA) is 103 Å². The zero-order valence-corrected chi connectivity index (χ0v) is 20.4. The van der Waals surface area contributed by atoms with Crippen LogP contribution in [0.4, 0.5) is 8.78 Å². The molecule has 0 aromatic heterocycles. The van der Waals surface area contributed by atoms with Crippen molar-refractivity contribution in [2.75, 3.05) is 27.3 Å². The smallest absolute Gasteiger partial charge is 0.249 e. The highest BCUT2D eigenvalue weighted by Crippen LogP contribution is 2.13. The maximum Gasteiger partial charge on any atom is 0.249 e. The highest BCUT2D eigenvalue weighted by molar-refractivity contribution is 5.86. The van der Waals surface area contributed by atoms with Crippen molar-refractivity contribution in [2.24, 2.45) is 5.73 Å². The molecule has 2 amide bonds. The molecule has 1 atom stereocenters. The van der Waals surface area contributed by atoms with E-state index in [0.29, 0.717) is 25.9 Å². The second-order valence-corrected chi connectivity index (χ2v) is 7.15. The van der Waals surface area contributed by atoms with Crippen molar-refractivity contribution in [3.05, 3.63) is 65.7 Å². The van der Waals surface area contributed by atoms with Crippen molar-refractivity contribution in [1.82, 2.24) is 10.6 Å². The first-order valence-electron chi connectivity index (χ1n) is 11.1. The molecule has 7 nitrogen and oxygen atoms in total. The molecule has 0 aliphatic rings. The van der Waals surface area contributed by atoms with Gasteiger partial charge in [0, 0.05) is 31.9 Å². The number of hydrogen-bond donors (Lipinski definition) is 3. The van der Waals surface area contributed by atoms with Crippen molar-refractivity contribution >= 4 is 11.8 Å². The number of carbonyl (C=O) groups is 2. The predicted octanol–water partition coefficient (Wildman–Crippen LogP) is 3.56. The second-order valence-electron chi connectivity index (χ2n) is 7.15. The SMILES string of the molecule is CCC.COC(CCCN)C(=O)NCC(=O)NCc1ccccc1.COc1cc(F)cc(F)c1. The molecular formula is C25H37F2N3O4. The minimum absolute atomic E-state index is 0.0614. The van der Waals surface area contributed by atoms with Gasteiger partial charge >= 0.3 is 0 Å². The van der Waals surface area contributed by atoms with E-state index >= 15 is 0 Å². The van der Waals surface area contributed by atoms with Gasteiger partial charge in [-0.05, 0) is 24.9 Å². The zero-order valence-electron chi connectivity index (χ0n) is 20.4. The first-order valence-corrected chi connectivity index (χ1v) is 11.1. The van der Waals surface area contributed by atoms with Crippen LogP contribution in [0.2, 0.25) is 0 Å². The molecular weight excluding hydrogens is 444 g/mol.